The molecule has 9 nitrogen and oxygen atoms in total. The number of halogens is 4. The number of rotatable bonds is 6. The number of aryl methyl sites for hydroxylation is 1. The second-order valence-corrected chi connectivity index (χ2v) is 6.36. The first-order valence-electron chi connectivity index (χ1n) is 8.45. The Hall–Kier alpha value is -3.77. The van der Waals surface area contributed by atoms with Gasteiger partial charge in [-0.25, -0.2) is 17.6 Å². The molecular formula is C17H14F4N6O3. The first-order valence-corrected chi connectivity index (χ1v) is 8.45. The lowest BCUT2D eigenvalue weighted by atomic mass is 10.2. The molecule has 1 amide bonds. The summed E-state index contributed by atoms with van der Waals surface area (Å²) in [5.74, 6) is -7.20. The van der Waals surface area contributed by atoms with Crippen LogP contribution in [-0.2, 0) is 11.3 Å². The van der Waals surface area contributed by atoms with Crippen LogP contribution in [0.1, 0.15) is 24.2 Å². The summed E-state index contributed by atoms with van der Waals surface area (Å²) in [5, 5.41) is 20.9. The number of nitrogens with one attached hydrogen (secondary N) is 1. The third-order valence-corrected chi connectivity index (χ3v) is 4.26. The van der Waals surface area contributed by atoms with Crippen molar-refractivity contribution < 1.29 is 27.3 Å². The second kappa shape index (κ2) is 7.93. The SMILES string of the molecule is Cc1cc([N+](=O)[O-])nn1C(C)C(=O)Nc1ccn(Cc2c(F)c(F)cc(F)c2F)n1. The summed E-state index contributed by atoms with van der Waals surface area (Å²) < 4.78 is 56.3. The molecule has 1 aromatic carbocycles. The van der Waals surface area contributed by atoms with Gasteiger partial charge in [-0.2, -0.15) is 9.78 Å². The number of anilines is 1. The van der Waals surface area contributed by atoms with E-state index < -0.39 is 58.1 Å². The van der Waals surface area contributed by atoms with Crippen molar-refractivity contribution in [1.29, 1.82) is 0 Å². The number of hydrogen-bond acceptors (Lipinski definition) is 5. The van der Waals surface area contributed by atoms with E-state index in [4.69, 9.17) is 0 Å². The number of carbonyl (C=O) groups is 1. The van der Waals surface area contributed by atoms with Crippen LogP contribution in [-0.4, -0.2) is 30.4 Å². The summed E-state index contributed by atoms with van der Waals surface area (Å²) >= 11 is 0. The molecule has 0 saturated carbocycles. The molecule has 3 rings (SSSR count). The number of nitro groups is 1. The van der Waals surface area contributed by atoms with E-state index in [1.165, 1.54) is 25.3 Å². The van der Waals surface area contributed by atoms with Crippen molar-refractivity contribution in [2.24, 2.45) is 0 Å². The van der Waals surface area contributed by atoms with Crippen LogP contribution in [0.15, 0.2) is 24.4 Å². The predicted octanol–water partition coefficient (Wildman–Crippen LogP) is 3.10. The molecule has 2 aromatic heterocycles. The van der Waals surface area contributed by atoms with Crippen LogP contribution in [0.3, 0.4) is 0 Å². The number of benzene rings is 1. The van der Waals surface area contributed by atoms with Gasteiger partial charge >= 0.3 is 5.82 Å². The lowest BCUT2D eigenvalue weighted by Gasteiger charge is -2.10. The maximum absolute atomic E-state index is 13.8. The van der Waals surface area contributed by atoms with Crippen LogP contribution < -0.4 is 5.32 Å². The van der Waals surface area contributed by atoms with E-state index >= 15 is 0 Å². The molecule has 2 heterocycles. The van der Waals surface area contributed by atoms with Crippen molar-refractivity contribution in [3.8, 4) is 0 Å². The van der Waals surface area contributed by atoms with Crippen LogP contribution in [0, 0.1) is 40.3 Å². The Morgan fingerprint density at radius 2 is 1.83 bits per heavy atom. The Labute approximate surface area is 166 Å². The summed E-state index contributed by atoms with van der Waals surface area (Å²) in [6.07, 6.45) is 1.24. The maximum Gasteiger partial charge on any atom is 0.390 e. The van der Waals surface area contributed by atoms with Gasteiger partial charge in [-0.1, -0.05) is 0 Å². The fraction of sp³-hybridized carbons (Fsp3) is 0.235. The van der Waals surface area contributed by atoms with Gasteiger partial charge in [0.25, 0.3) is 5.91 Å². The summed E-state index contributed by atoms with van der Waals surface area (Å²) in [5.41, 5.74) is -0.477. The molecule has 0 bridgehead atoms. The highest BCUT2D eigenvalue weighted by Gasteiger charge is 2.25. The average Bonchev–Trinajstić information content (AvgIpc) is 3.29. The standard InChI is InChI=1S/C17H14F4N6O3/c1-8-5-14(27(29)30)24-26(8)9(2)17(28)22-13-3-4-25(23-13)7-10-15(20)11(18)6-12(19)16(10)21/h3-6,9H,7H2,1-2H3,(H,22,23,28). The minimum atomic E-state index is -1.54. The van der Waals surface area contributed by atoms with E-state index in [1.54, 1.807) is 6.92 Å². The lowest BCUT2D eigenvalue weighted by molar-refractivity contribution is -0.389. The predicted molar refractivity (Wildman–Crippen MR) is 94.6 cm³/mol. The van der Waals surface area contributed by atoms with E-state index in [-0.39, 0.29) is 11.9 Å². The van der Waals surface area contributed by atoms with Crippen LogP contribution in [0.2, 0.25) is 0 Å². The highest BCUT2D eigenvalue weighted by atomic mass is 19.2. The van der Waals surface area contributed by atoms with Gasteiger partial charge in [-0.3, -0.25) is 9.48 Å². The molecule has 13 heteroatoms. The summed E-state index contributed by atoms with van der Waals surface area (Å²) in [4.78, 5) is 22.5. The third-order valence-electron chi connectivity index (χ3n) is 4.26. The first-order chi connectivity index (χ1) is 14.1. The van der Waals surface area contributed by atoms with Crippen LogP contribution in [0.4, 0.5) is 29.2 Å². The smallest absolute Gasteiger partial charge is 0.358 e. The van der Waals surface area contributed by atoms with Gasteiger partial charge in [0.1, 0.15) is 6.04 Å². The minimum Gasteiger partial charge on any atom is -0.358 e. The van der Waals surface area contributed by atoms with Gasteiger partial charge < -0.3 is 15.4 Å². The molecule has 0 saturated heterocycles. The normalized spacial score (nSPS) is 12.1. The Balaban J connectivity index is 1.75. The van der Waals surface area contributed by atoms with Crippen molar-refractivity contribution in [2.75, 3.05) is 5.32 Å². The minimum absolute atomic E-state index is 0.0103. The van der Waals surface area contributed by atoms with Gasteiger partial charge in [0.2, 0.25) is 0 Å². The molecule has 1 atom stereocenters. The van der Waals surface area contributed by atoms with Crippen molar-refractivity contribution >= 4 is 17.5 Å². The summed E-state index contributed by atoms with van der Waals surface area (Å²) in [6.45, 7) is 2.37. The Bertz CT molecular complexity index is 1120. The Kier molecular flexibility index (Phi) is 5.54. The number of carbonyl (C=O) groups excluding carboxylic acids is 1. The number of amides is 1. The molecule has 158 valence electrons. The van der Waals surface area contributed by atoms with Gasteiger partial charge in [0, 0.05) is 18.3 Å². The van der Waals surface area contributed by atoms with Crippen molar-refractivity contribution in [3.63, 3.8) is 0 Å². The zero-order valence-electron chi connectivity index (χ0n) is 15.6. The lowest BCUT2D eigenvalue weighted by Crippen LogP contribution is -2.25. The molecule has 0 fully saturated rings. The molecule has 0 aliphatic carbocycles. The molecule has 0 aliphatic rings. The van der Waals surface area contributed by atoms with Gasteiger partial charge in [-0.05, 0) is 18.8 Å². The monoisotopic (exact) mass is 426 g/mol. The van der Waals surface area contributed by atoms with Crippen LogP contribution in [0.5, 0.6) is 0 Å². The van der Waals surface area contributed by atoms with Crippen molar-refractivity contribution in [1.82, 2.24) is 19.6 Å². The largest absolute Gasteiger partial charge is 0.390 e. The maximum atomic E-state index is 13.8. The van der Waals surface area contributed by atoms with Gasteiger partial charge in [0.05, 0.1) is 29.0 Å². The molecule has 0 radical (unpaired) electrons. The topological polar surface area (TPSA) is 108 Å². The van der Waals surface area contributed by atoms with E-state index in [0.717, 1.165) is 9.36 Å². The van der Waals surface area contributed by atoms with E-state index in [2.05, 4.69) is 15.5 Å². The molecular weight excluding hydrogens is 412 g/mol. The molecule has 1 N–H and O–H groups in total. The zero-order chi connectivity index (χ0) is 22.2. The van der Waals surface area contributed by atoms with Gasteiger partial charge in [-0.15, -0.1) is 0 Å². The summed E-state index contributed by atoms with van der Waals surface area (Å²) in [6, 6.07) is 1.68. The number of hydrogen-bond donors (Lipinski definition) is 1. The van der Waals surface area contributed by atoms with E-state index in [1.807, 2.05) is 0 Å². The molecule has 30 heavy (non-hydrogen) atoms. The third kappa shape index (κ3) is 3.99. The highest BCUT2D eigenvalue weighted by Crippen LogP contribution is 2.21. The number of aromatic nitrogens is 4. The fourth-order valence-corrected chi connectivity index (χ4v) is 2.73. The van der Waals surface area contributed by atoms with Crippen LogP contribution in [0.25, 0.3) is 0 Å². The Morgan fingerprint density at radius 3 is 2.40 bits per heavy atom. The van der Waals surface area contributed by atoms with Gasteiger partial charge in [0.15, 0.2) is 29.1 Å². The number of nitrogens with zero attached hydrogens (tertiary/aromatic N) is 5. The zero-order valence-corrected chi connectivity index (χ0v) is 15.6. The molecule has 0 aliphatic heterocycles. The van der Waals surface area contributed by atoms with Crippen molar-refractivity contribution in [3.05, 3.63) is 69.0 Å². The quantitative estimate of drug-likeness (QED) is 0.282. The van der Waals surface area contributed by atoms with Crippen molar-refractivity contribution in [2.45, 2.75) is 26.4 Å². The molecule has 3 aromatic rings. The van der Waals surface area contributed by atoms with E-state index in [9.17, 15) is 32.5 Å². The first kappa shape index (κ1) is 21.0. The molecule has 1 unspecified atom stereocenters. The van der Waals surface area contributed by atoms with E-state index in [0.29, 0.717) is 5.69 Å². The second-order valence-electron chi connectivity index (χ2n) is 6.36. The summed E-state index contributed by atoms with van der Waals surface area (Å²) in [7, 11) is 0. The fourth-order valence-electron chi connectivity index (χ4n) is 2.73. The Morgan fingerprint density at radius 1 is 1.20 bits per heavy atom. The average molecular weight is 426 g/mol. The highest BCUT2D eigenvalue weighted by molar-refractivity contribution is 5.92. The van der Waals surface area contributed by atoms with Crippen LogP contribution >= 0.6 is 0 Å². The molecule has 0 spiro atoms.